The highest BCUT2D eigenvalue weighted by Gasteiger charge is 2.27. The van der Waals surface area contributed by atoms with Gasteiger partial charge in [0.25, 0.3) is 0 Å². The Morgan fingerprint density at radius 1 is 1.27 bits per heavy atom. The summed E-state index contributed by atoms with van der Waals surface area (Å²) < 4.78 is 18.1. The van der Waals surface area contributed by atoms with Gasteiger partial charge in [-0.25, -0.2) is 0 Å². The molecular weight excluding hydrogens is 329 g/mol. The average Bonchev–Trinajstić information content (AvgIpc) is 2.68. The molecule has 0 saturated heterocycles. The summed E-state index contributed by atoms with van der Waals surface area (Å²) in [5.41, 5.74) is 1.23. The Morgan fingerprint density at radius 3 is 2.58 bits per heavy atom. The normalized spacial score (nSPS) is 20.7. The monoisotopic (exact) mass is 355 g/mol. The van der Waals surface area contributed by atoms with Crippen molar-refractivity contribution in [2.45, 2.75) is 51.9 Å². The third-order valence-corrected chi connectivity index (χ3v) is 4.96. The number of hydrogen-bond donors (Lipinski definition) is 0. The number of benzene rings is 1. The lowest BCUT2D eigenvalue weighted by Crippen LogP contribution is -2.25. The third-order valence-electron chi connectivity index (χ3n) is 4.96. The van der Waals surface area contributed by atoms with Gasteiger partial charge in [0.05, 0.1) is 5.92 Å². The minimum Gasteiger partial charge on any atom is -0.426 e. The Bertz CT molecular complexity index is 677. The number of aryl methyl sites for hydroxylation is 1. The fourth-order valence-electron chi connectivity index (χ4n) is 3.30. The summed E-state index contributed by atoms with van der Waals surface area (Å²) in [6.07, 6.45) is 11.3. The van der Waals surface area contributed by atoms with Gasteiger partial charge in [-0.1, -0.05) is 31.2 Å². The standard InChI is InChI=1S/C22H26FNO2/c1-2-17-10-14-21(15-11-17)26-22(25)19-12-8-18(9-13-19)6-4-3-5-7-20(23)16-24/h3,5,7,10-11,14-15,18-19H,2,4,6,8-9,12-13H2,1H3/t18-,19-. The van der Waals surface area contributed by atoms with Crippen LogP contribution in [-0.4, -0.2) is 5.97 Å². The molecule has 1 saturated carbocycles. The Kier molecular flexibility index (Phi) is 8.08. The van der Waals surface area contributed by atoms with Crippen LogP contribution in [0.2, 0.25) is 0 Å². The van der Waals surface area contributed by atoms with Gasteiger partial charge in [-0.05, 0) is 74.6 Å². The van der Waals surface area contributed by atoms with Crippen molar-refractivity contribution >= 4 is 5.97 Å². The largest absolute Gasteiger partial charge is 0.426 e. The highest BCUT2D eigenvalue weighted by atomic mass is 19.1. The van der Waals surface area contributed by atoms with E-state index in [0.717, 1.165) is 44.9 Å². The molecule has 0 radical (unpaired) electrons. The second-order valence-electron chi connectivity index (χ2n) is 6.77. The number of hydrogen-bond acceptors (Lipinski definition) is 3. The van der Waals surface area contributed by atoms with Gasteiger partial charge in [0.2, 0.25) is 0 Å². The molecule has 1 aromatic carbocycles. The van der Waals surface area contributed by atoms with Gasteiger partial charge < -0.3 is 4.74 Å². The molecule has 0 atom stereocenters. The zero-order valence-corrected chi connectivity index (χ0v) is 15.3. The molecule has 26 heavy (non-hydrogen) atoms. The number of ether oxygens (including phenoxy) is 1. The Morgan fingerprint density at radius 2 is 1.96 bits per heavy atom. The number of nitrogens with zero attached hydrogens (tertiary/aromatic N) is 1. The predicted molar refractivity (Wildman–Crippen MR) is 100 cm³/mol. The summed E-state index contributed by atoms with van der Waals surface area (Å²) in [6.45, 7) is 2.09. The zero-order valence-electron chi connectivity index (χ0n) is 15.3. The summed E-state index contributed by atoms with van der Waals surface area (Å²) >= 11 is 0. The lowest BCUT2D eigenvalue weighted by atomic mass is 9.80. The molecule has 4 heteroatoms. The van der Waals surface area contributed by atoms with Crippen LogP contribution >= 0.6 is 0 Å². The first kappa shape index (κ1) is 19.9. The quantitative estimate of drug-likeness (QED) is 0.274. The molecule has 0 bridgehead atoms. The highest BCUT2D eigenvalue weighted by molar-refractivity contribution is 5.75. The Labute approximate surface area is 155 Å². The lowest BCUT2D eigenvalue weighted by Gasteiger charge is -2.26. The van der Waals surface area contributed by atoms with Gasteiger partial charge in [-0.3, -0.25) is 4.79 Å². The molecular formula is C22H26FNO2. The fraction of sp³-hybridized carbons (Fsp3) is 0.455. The predicted octanol–water partition coefficient (Wildman–Crippen LogP) is 5.67. The summed E-state index contributed by atoms with van der Waals surface area (Å²) in [5, 5.41) is 8.32. The van der Waals surface area contributed by atoms with Gasteiger partial charge >= 0.3 is 5.97 Å². The molecule has 0 heterocycles. The molecule has 1 aliphatic carbocycles. The van der Waals surface area contributed by atoms with E-state index in [0.29, 0.717) is 11.7 Å². The molecule has 0 spiro atoms. The summed E-state index contributed by atoms with van der Waals surface area (Å²) in [5.74, 6) is 0.309. The van der Waals surface area contributed by atoms with E-state index in [4.69, 9.17) is 10.00 Å². The number of carbonyl (C=O) groups excluding carboxylic acids is 1. The fourth-order valence-corrected chi connectivity index (χ4v) is 3.30. The van der Waals surface area contributed by atoms with Crippen LogP contribution in [-0.2, 0) is 11.2 Å². The number of carbonyl (C=O) groups is 1. The zero-order chi connectivity index (χ0) is 18.8. The SMILES string of the molecule is CCc1ccc(OC(=O)[C@H]2CC[C@H](CCC=CC=C(F)C#N)CC2)cc1. The van der Waals surface area contributed by atoms with Crippen LogP contribution in [0.15, 0.2) is 48.3 Å². The van der Waals surface area contributed by atoms with Gasteiger partial charge in [0, 0.05) is 0 Å². The van der Waals surface area contributed by atoms with Gasteiger partial charge in [-0.15, -0.1) is 0 Å². The van der Waals surface area contributed by atoms with E-state index in [9.17, 15) is 9.18 Å². The first-order valence-electron chi connectivity index (χ1n) is 9.35. The third kappa shape index (κ3) is 6.48. The van der Waals surface area contributed by atoms with E-state index in [1.165, 1.54) is 17.7 Å². The number of esters is 1. The molecule has 0 aliphatic heterocycles. The molecule has 138 valence electrons. The minimum absolute atomic E-state index is 0.0136. The molecule has 3 nitrogen and oxygen atoms in total. The molecule has 0 unspecified atom stereocenters. The van der Waals surface area contributed by atoms with Crippen LogP contribution in [0.5, 0.6) is 5.75 Å². The first-order valence-corrected chi connectivity index (χ1v) is 9.35. The molecule has 1 fully saturated rings. The van der Waals surface area contributed by atoms with E-state index in [1.807, 2.05) is 30.3 Å². The van der Waals surface area contributed by atoms with E-state index >= 15 is 0 Å². The van der Waals surface area contributed by atoms with Crippen LogP contribution in [0.1, 0.15) is 51.0 Å². The number of halogens is 1. The molecule has 1 aromatic rings. The van der Waals surface area contributed by atoms with Crippen molar-refractivity contribution in [1.29, 1.82) is 5.26 Å². The maximum atomic E-state index is 12.6. The van der Waals surface area contributed by atoms with Crippen molar-refractivity contribution in [3.8, 4) is 11.8 Å². The second-order valence-corrected chi connectivity index (χ2v) is 6.77. The van der Waals surface area contributed by atoms with Crippen molar-refractivity contribution in [2.75, 3.05) is 0 Å². The van der Waals surface area contributed by atoms with E-state index < -0.39 is 5.83 Å². The Hall–Kier alpha value is -2.41. The van der Waals surface area contributed by atoms with Crippen molar-refractivity contribution in [3.05, 3.63) is 53.9 Å². The van der Waals surface area contributed by atoms with E-state index in [2.05, 4.69) is 6.92 Å². The first-order chi connectivity index (χ1) is 12.6. The maximum Gasteiger partial charge on any atom is 0.314 e. The molecule has 0 aromatic heterocycles. The van der Waals surface area contributed by atoms with Crippen LogP contribution in [0.4, 0.5) is 4.39 Å². The maximum absolute atomic E-state index is 12.6. The molecule has 2 rings (SSSR count). The summed E-state index contributed by atoms with van der Waals surface area (Å²) in [7, 11) is 0. The van der Waals surface area contributed by atoms with Crippen LogP contribution < -0.4 is 4.74 Å². The highest BCUT2D eigenvalue weighted by Crippen LogP contribution is 2.32. The van der Waals surface area contributed by atoms with Crippen molar-refractivity contribution in [3.63, 3.8) is 0 Å². The average molecular weight is 355 g/mol. The smallest absolute Gasteiger partial charge is 0.314 e. The van der Waals surface area contributed by atoms with Gasteiger partial charge in [-0.2, -0.15) is 9.65 Å². The Balaban J connectivity index is 1.70. The van der Waals surface area contributed by atoms with Crippen LogP contribution in [0, 0.1) is 23.2 Å². The summed E-state index contributed by atoms with van der Waals surface area (Å²) in [4.78, 5) is 12.3. The molecule has 0 N–H and O–H groups in total. The second kappa shape index (κ2) is 10.6. The van der Waals surface area contributed by atoms with Gasteiger partial charge in [0.15, 0.2) is 5.83 Å². The molecule has 0 amide bonds. The van der Waals surface area contributed by atoms with E-state index in [-0.39, 0.29) is 11.9 Å². The van der Waals surface area contributed by atoms with Crippen molar-refractivity contribution in [2.24, 2.45) is 11.8 Å². The van der Waals surface area contributed by atoms with Crippen molar-refractivity contribution < 1.29 is 13.9 Å². The number of allylic oxidation sites excluding steroid dienone is 4. The van der Waals surface area contributed by atoms with Crippen molar-refractivity contribution in [1.82, 2.24) is 0 Å². The van der Waals surface area contributed by atoms with Gasteiger partial charge in [0.1, 0.15) is 11.8 Å². The summed E-state index contributed by atoms with van der Waals surface area (Å²) in [6, 6.07) is 9.14. The number of rotatable bonds is 7. The lowest BCUT2D eigenvalue weighted by molar-refractivity contribution is -0.140. The number of nitriles is 1. The topological polar surface area (TPSA) is 50.1 Å². The molecule has 1 aliphatic rings. The van der Waals surface area contributed by atoms with Crippen LogP contribution in [0.3, 0.4) is 0 Å². The van der Waals surface area contributed by atoms with Crippen LogP contribution in [0.25, 0.3) is 0 Å². The minimum atomic E-state index is -0.774. The van der Waals surface area contributed by atoms with E-state index in [1.54, 1.807) is 6.08 Å².